The molecule has 1 atom stereocenters. The molecule has 0 saturated carbocycles. The first-order chi connectivity index (χ1) is 14.3. The van der Waals surface area contributed by atoms with Crippen molar-refractivity contribution in [1.29, 1.82) is 0 Å². The Kier molecular flexibility index (Phi) is 6.16. The number of carboxylic acid groups (broad SMARTS) is 1. The summed E-state index contributed by atoms with van der Waals surface area (Å²) in [6, 6.07) is 16.7. The zero-order chi connectivity index (χ0) is 21.7. The summed E-state index contributed by atoms with van der Waals surface area (Å²) in [5.41, 5.74) is 3.76. The van der Waals surface area contributed by atoms with Crippen molar-refractivity contribution < 1.29 is 14.7 Å². The van der Waals surface area contributed by atoms with Gasteiger partial charge in [0.15, 0.2) is 6.04 Å². The van der Waals surface area contributed by atoms with Gasteiger partial charge in [0.2, 0.25) is 0 Å². The van der Waals surface area contributed by atoms with Crippen LogP contribution in [0.3, 0.4) is 0 Å². The van der Waals surface area contributed by atoms with Crippen LogP contribution in [0.1, 0.15) is 37.9 Å². The van der Waals surface area contributed by atoms with Crippen LogP contribution in [0, 0.1) is 0 Å². The highest BCUT2D eigenvalue weighted by atomic mass is 16.4. The molecule has 6 heteroatoms. The van der Waals surface area contributed by atoms with Gasteiger partial charge in [-0.15, -0.1) is 0 Å². The number of aliphatic carboxylic acids is 1. The number of carbonyl (C=O) groups is 2. The van der Waals surface area contributed by atoms with Gasteiger partial charge in [-0.25, -0.2) is 9.59 Å². The summed E-state index contributed by atoms with van der Waals surface area (Å²) < 4.78 is 0. The molecule has 0 fully saturated rings. The summed E-state index contributed by atoms with van der Waals surface area (Å²) in [5.74, 6) is -1.12. The van der Waals surface area contributed by atoms with E-state index in [0.29, 0.717) is 11.3 Å². The van der Waals surface area contributed by atoms with Gasteiger partial charge in [0.1, 0.15) is 0 Å². The molecular formula is C24H25N3O3. The molecule has 1 heterocycles. The Morgan fingerprint density at radius 3 is 2.10 bits per heavy atom. The minimum Gasteiger partial charge on any atom is -0.479 e. The van der Waals surface area contributed by atoms with Crippen LogP contribution in [0.2, 0.25) is 0 Å². The van der Waals surface area contributed by atoms with E-state index >= 15 is 0 Å². The average molecular weight is 403 g/mol. The largest absolute Gasteiger partial charge is 0.479 e. The van der Waals surface area contributed by atoms with E-state index in [4.69, 9.17) is 0 Å². The number of rotatable bonds is 5. The summed E-state index contributed by atoms with van der Waals surface area (Å²) in [4.78, 5) is 28.4. The highest BCUT2D eigenvalue weighted by Crippen LogP contribution is 2.30. The van der Waals surface area contributed by atoms with Crippen molar-refractivity contribution >= 4 is 17.7 Å². The molecule has 2 aromatic carbocycles. The van der Waals surface area contributed by atoms with Gasteiger partial charge in [0.25, 0.3) is 0 Å². The number of nitrogens with zero attached hydrogens (tertiary/aromatic N) is 1. The van der Waals surface area contributed by atoms with Gasteiger partial charge >= 0.3 is 12.0 Å². The SMILES string of the molecule is CC(C)(C)c1ccccc1[C@H](NC(=O)Nc1ccc(-c2ccncc2)cc1)C(=O)O. The fourth-order valence-corrected chi connectivity index (χ4v) is 3.29. The van der Waals surface area contributed by atoms with E-state index in [9.17, 15) is 14.7 Å². The molecule has 3 aromatic rings. The van der Waals surface area contributed by atoms with Gasteiger partial charge in [0.05, 0.1) is 0 Å². The van der Waals surface area contributed by atoms with Crippen LogP contribution in [-0.2, 0) is 10.2 Å². The van der Waals surface area contributed by atoms with E-state index < -0.39 is 18.0 Å². The lowest BCUT2D eigenvalue weighted by molar-refractivity contribution is -0.139. The lowest BCUT2D eigenvalue weighted by Gasteiger charge is -2.26. The van der Waals surface area contributed by atoms with E-state index in [1.165, 1.54) is 0 Å². The molecule has 0 aliphatic carbocycles. The molecule has 3 rings (SSSR count). The molecule has 0 radical (unpaired) electrons. The van der Waals surface area contributed by atoms with Gasteiger partial charge in [-0.2, -0.15) is 0 Å². The van der Waals surface area contributed by atoms with Crippen LogP contribution in [0.5, 0.6) is 0 Å². The van der Waals surface area contributed by atoms with Crippen molar-refractivity contribution in [2.45, 2.75) is 32.2 Å². The predicted octanol–water partition coefficient (Wildman–Crippen LogP) is 4.99. The molecule has 30 heavy (non-hydrogen) atoms. The monoisotopic (exact) mass is 403 g/mol. The molecule has 3 N–H and O–H groups in total. The van der Waals surface area contributed by atoms with Crippen molar-refractivity contribution in [2.24, 2.45) is 0 Å². The summed E-state index contributed by atoms with van der Waals surface area (Å²) in [5, 5.41) is 15.0. The van der Waals surface area contributed by atoms with E-state index in [-0.39, 0.29) is 5.41 Å². The van der Waals surface area contributed by atoms with Crippen LogP contribution < -0.4 is 10.6 Å². The Hall–Kier alpha value is -3.67. The minimum absolute atomic E-state index is 0.259. The summed E-state index contributed by atoms with van der Waals surface area (Å²) in [6.07, 6.45) is 3.44. The van der Waals surface area contributed by atoms with Gasteiger partial charge < -0.3 is 15.7 Å². The molecule has 1 aromatic heterocycles. The van der Waals surface area contributed by atoms with Crippen LogP contribution in [0.4, 0.5) is 10.5 Å². The number of aromatic nitrogens is 1. The molecule has 0 aliphatic heterocycles. The second-order valence-corrected chi connectivity index (χ2v) is 8.02. The summed E-state index contributed by atoms with van der Waals surface area (Å²) in [6.45, 7) is 6.03. The molecule has 0 spiro atoms. The number of urea groups is 1. The highest BCUT2D eigenvalue weighted by molar-refractivity contribution is 5.93. The number of pyridine rings is 1. The molecule has 0 aliphatic rings. The van der Waals surface area contributed by atoms with E-state index in [0.717, 1.165) is 16.7 Å². The van der Waals surface area contributed by atoms with Gasteiger partial charge in [-0.05, 0) is 51.9 Å². The number of carboxylic acids is 1. The Bertz CT molecular complexity index is 1030. The molecule has 2 amide bonds. The molecule has 0 saturated heterocycles. The quantitative estimate of drug-likeness (QED) is 0.559. The third-order valence-corrected chi connectivity index (χ3v) is 4.76. The van der Waals surface area contributed by atoms with Crippen molar-refractivity contribution in [2.75, 3.05) is 5.32 Å². The first-order valence-corrected chi connectivity index (χ1v) is 9.66. The number of anilines is 1. The zero-order valence-electron chi connectivity index (χ0n) is 17.2. The van der Waals surface area contributed by atoms with E-state index in [1.807, 2.05) is 57.2 Å². The van der Waals surface area contributed by atoms with Gasteiger partial charge in [-0.3, -0.25) is 4.98 Å². The maximum absolute atomic E-state index is 12.5. The smallest absolute Gasteiger partial charge is 0.330 e. The Labute approximate surface area is 176 Å². The fraction of sp³-hybridized carbons (Fsp3) is 0.208. The van der Waals surface area contributed by atoms with Crippen LogP contribution in [-0.4, -0.2) is 22.1 Å². The second kappa shape index (κ2) is 8.78. The van der Waals surface area contributed by atoms with Crippen LogP contribution in [0.15, 0.2) is 73.1 Å². The van der Waals surface area contributed by atoms with Gasteiger partial charge in [-0.1, -0.05) is 57.2 Å². The third kappa shape index (κ3) is 5.03. The fourth-order valence-electron chi connectivity index (χ4n) is 3.29. The number of carbonyl (C=O) groups excluding carboxylic acids is 1. The summed E-state index contributed by atoms with van der Waals surface area (Å²) >= 11 is 0. The zero-order valence-corrected chi connectivity index (χ0v) is 17.2. The lowest BCUT2D eigenvalue weighted by atomic mass is 9.82. The third-order valence-electron chi connectivity index (χ3n) is 4.76. The minimum atomic E-state index is -1.16. The normalized spacial score (nSPS) is 12.1. The maximum Gasteiger partial charge on any atom is 0.330 e. The molecule has 154 valence electrons. The van der Waals surface area contributed by atoms with Crippen LogP contribution in [0.25, 0.3) is 11.1 Å². The Balaban J connectivity index is 1.75. The van der Waals surface area contributed by atoms with E-state index in [1.54, 1.807) is 36.7 Å². The topological polar surface area (TPSA) is 91.3 Å². The van der Waals surface area contributed by atoms with Crippen molar-refractivity contribution in [3.63, 3.8) is 0 Å². The highest BCUT2D eigenvalue weighted by Gasteiger charge is 2.28. The number of amides is 2. The number of hydrogen-bond acceptors (Lipinski definition) is 3. The first-order valence-electron chi connectivity index (χ1n) is 9.66. The van der Waals surface area contributed by atoms with Crippen molar-refractivity contribution in [1.82, 2.24) is 10.3 Å². The first kappa shape index (κ1) is 21.0. The summed E-state index contributed by atoms with van der Waals surface area (Å²) in [7, 11) is 0. The van der Waals surface area contributed by atoms with Crippen molar-refractivity contribution in [3.05, 3.63) is 84.2 Å². The standard InChI is InChI=1S/C24H25N3O3/c1-24(2,3)20-7-5-4-6-19(20)21(22(28)29)27-23(30)26-18-10-8-16(9-11-18)17-12-14-25-15-13-17/h4-15,21H,1-3H3,(H,28,29)(H2,26,27,30)/t21-/m0/s1. The second-order valence-electron chi connectivity index (χ2n) is 8.02. The Morgan fingerprint density at radius 2 is 1.50 bits per heavy atom. The number of hydrogen-bond donors (Lipinski definition) is 3. The number of nitrogens with one attached hydrogen (secondary N) is 2. The number of benzene rings is 2. The average Bonchev–Trinajstić information content (AvgIpc) is 2.72. The molecule has 0 unspecified atom stereocenters. The molecule has 6 nitrogen and oxygen atoms in total. The molecule has 0 bridgehead atoms. The van der Waals surface area contributed by atoms with Crippen molar-refractivity contribution in [3.8, 4) is 11.1 Å². The van der Waals surface area contributed by atoms with Crippen LogP contribution >= 0.6 is 0 Å². The Morgan fingerprint density at radius 1 is 0.900 bits per heavy atom. The predicted molar refractivity (Wildman–Crippen MR) is 117 cm³/mol. The molecular weight excluding hydrogens is 378 g/mol. The van der Waals surface area contributed by atoms with Gasteiger partial charge in [0, 0.05) is 18.1 Å². The lowest BCUT2D eigenvalue weighted by Crippen LogP contribution is -2.38. The van der Waals surface area contributed by atoms with E-state index in [2.05, 4.69) is 15.6 Å². The maximum atomic E-state index is 12.5.